The Morgan fingerprint density at radius 2 is 1.92 bits per heavy atom. The van der Waals surface area contributed by atoms with Crippen LogP contribution in [0.2, 0.25) is 0 Å². The third-order valence-electron chi connectivity index (χ3n) is 3.98. The van der Waals surface area contributed by atoms with E-state index in [9.17, 15) is 10.1 Å². The molecular weight excluding hydrogens is 324 g/mol. The van der Waals surface area contributed by atoms with E-state index in [1.807, 2.05) is 54.6 Å². The molecule has 2 aromatic rings. The van der Waals surface area contributed by atoms with Gasteiger partial charge >= 0.3 is 0 Å². The predicted molar refractivity (Wildman–Crippen MR) is 104 cm³/mol. The van der Waals surface area contributed by atoms with Gasteiger partial charge in [0.25, 0.3) is 5.91 Å². The molecule has 0 atom stereocenters. The summed E-state index contributed by atoms with van der Waals surface area (Å²) in [6.45, 7) is 5.10. The minimum Gasteiger partial charge on any atom is -0.386 e. The first-order valence-electron chi connectivity index (χ1n) is 8.57. The van der Waals surface area contributed by atoms with Crippen molar-refractivity contribution in [3.63, 3.8) is 0 Å². The Hall–Kier alpha value is -3.10. The molecule has 0 spiro atoms. The average molecular weight is 348 g/mol. The maximum Gasteiger partial charge on any atom is 0.267 e. The van der Waals surface area contributed by atoms with Crippen LogP contribution in [0, 0.1) is 11.3 Å². The number of nitriles is 1. The molecule has 0 unspecified atom stereocenters. The average Bonchev–Trinajstić information content (AvgIpc) is 2.65. The third-order valence-corrected chi connectivity index (χ3v) is 3.98. The summed E-state index contributed by atoms with van der Waals surface area (Å²) in [6, 6.07) is 17.4. The molecule has 0 saturated carbocycles. The van der Waals surface area contributed by atoms with Gasteiger partial charge in [0.2, 0.25) is 0 Å². The fraction of sp³-hybridized carbons (Fsp3) is 0.238. The normalized spacial score (nSPS) is 11.1. The Morgan fingerprint density at radius 3 is 2.62 bits per heavy atom. The highest BCUT2D eigenvalue weighted by molar-refractivity contribution is 6.06. The standard InChI is InChI=1S/C21H24N4O/c1-15(2)19-8-3-4-9-20(19)25-21(26)18(12-23)14-24-13-17-7-5-6-16(10-17)11-22/h3-10,14-15,24H,11,13,22H2,1-2H3,(H,25,26)/b18-14-. The summed E-state index contributed by atoms with van der Waals surface area (Å²) < 4.78 is 0. The summed E-state index contributed by atoms with van der Waals surface area (Å²) in [5, 5.41) is 15.1. The SMILES string of the molecule is CC(C)c1ccccc1NC(=O)/C(C#N)=C\NCc1cccc(CN)c1. The molecule has 26 heavy (non-hydrogen) atoms. The summed E-state index contributed by atoms with van der Waals surface area (Å²) >= 11 is 0. The first-order valence-corrected chi connectivity index (χ1v) is 8.57. The van der Waals surface area contributed by atoms with Crippen LogP contribution in [0.3, 0.4) is 0 Å². The fourth-order valence-corrected chi connectivity index (χ4v) is 2.59. The second kappa shape index (κ2) is 9.40. The molecule has 5 nitrogen and oxygen atoms in total. The van der Waals surface area contributed by atoms with Crippen molar-refractivity contribution < 1.29 is 4.79 Å². The van der Waals surface area contributed by atoms with Gasteiger partial charge in [-0.15, -0.1) is 0 Å². The van der Waals surface area contributed by atoms with Gasteiger partial charge in [0.1, 0.15) is 11.6 Å². The Labute approximate surface area is 154 Å². The summed E-state index contributed by atoms with van der Waals surface area (Å²) in [5.74, 6) is -0.155. The minimum atomic E-state index is -0.427. The molecule has 5 heteroatoms. The number of carbonyl (C=O) groups is 1. The van der Waals surface area contributed by atoms with Crippen molar-refractivity contribution in [1.82, 2.24) is 5.32 Å². The number of hydrogen-bond acceptors (Lipinski definition) is 4. The number of para-hydroxylation sites is 1. The molecule has 0 bridgehead atoms. The van der Waals surface area contributed by atoms with Gasteiger partial charge in [-0.05, 0) is 28.7 Å². The van der Waals surface area contributed by atoms with E-state index in [4.69, 9.17) is 5.73 Å². The van der Waals surface area contributed by atoms with Gasteiger partial charge < -0.3 is 16.4 Å². The zero-order valence-electron chi connectivity index (χ0n) is 15.1. The van der Waals surface area contributed by atoms with Crippen LogP contribution in [0.15, 0.2) is 60.3 Å². The Morgan fingerprint density at radius 1 is 1.19 bits per heavy atom. The quantitative estimate of drug-likeness (QED) is 0.528. The molecule has 4 N–H and O–H groups in total. The molecule has 134 valence electrons. The van der Waals surface area contributed by atoms with Crippen LogP contribution in [0.4, 0.5) is 5.69 Å². The molecule has 0 saturated heterocycles. The monoisotopic (exact) mass is 348 g/mol. The second-order valence-electron chi connectivity index (χ2n) is 6.27. The maximum atomic E-state index is 12.4. The highest BCUT2D eigenvalue weighted by Crippen LogP contribution is 2.23. The highest BCUT2D eigenvalue weighted by Gasteiger charge is 2.12. The van der Waals surface area contributed by atoms with Crippen molar-refractivity contribution >= 4 is 11.6 Å². The van der Waals surface area contributed by atoms with E-state index in [0.717, 1.165) is 22.4 Å². The van der Waals surface area contributed by atoms with Crippen molar-refractivity contribution in [2.75, 3.05) is 5.32 Å². The van der Waals surface area contributed by atoms with Gasteiger partial charge in [0.15, 0.2) is 0 Å². The summed E-state index contributed by atoms with van der Waals surface area (Å²) in [5.41, 5.74) is 9.49. The fourth-order valence-electron chi connectivity index (χ4n) is 2.59. The first kappa shape index (κ1) is 19.2. The van der Waals surface area contributed by atoms with Crippen molar-refractivity contribution in [3.8, 4) is 6.07 Å². The van der Waals surface area contributed by atoms with Crippen LogP contribution in [0.25, 0.3) is 0 Å². The largest absolute Gasteiger partial charge is 0.386 e. The van der Waals surface area contributed by atoms with Gasteiger partial charge in [-0.3, -0.25) is 4.79 Å². The van der Waals surface area contributed by atoms with Crippen molar-refractivity contribution in [3.05, 3.63) is 77.0 Å². The molecule has 0 aliphatic heterocycles. The molecule has 0 fully saturated rings. The zero-order chi connectivity index (χ0) is 18.9. The van der Waals surface area contributed by atoms with Crippen molar-refractivity contribution in [2.45, 2.75) is 32.9 Å². The van der Waals surface area contributed by atoms with E-state index < -0.39 is 5.91 Å². The van der Waals surface area contributed by atoms with Crippen LogP contribution < -0.4 is 16.4 Å². The van der Waals surface area contributed by atoms with Gasteiger partial charge in [-0.2, -0.15) is 5.26 Å². The van der Waals surface area contributed by atoms with E-state index in [0.29, 0.717) is 13.1 Å². The van der Waals surface area contributed by atoms with Crippen molar-refractivity contribution in [2.24, 2.45) is 5.73 Å². The zero-order valence-corrected chi connectivity index (χ0v) is 15.1. The lowest BCUT2D eigenvalue weighted by atomic mass is 10.0. The molecular formula is C21H24N4O. The predicted octanol–water partition coefficient (Wildman–Crippen LogP) is 3.40. The Bertz CT molecular complexity index is 834. The van der Waals surface area contributed by atoms with Gasteiger partial charge in [-0.25, -0.2) is 0 Å². The van der Waals surface area contributed by atoms with Crippen LogP contribution in [-0.2, 0) is 17.9 Å². The topological polar surface area (TPSA) is 90.9 Å². The molecule has 0 aliphatic rings. The van der Waals surface area contributed by atoms with Crippen LogP contribution in [0.5, 0.6) is 0 Å². The molecule has 0 radical (unpaired) electrons. The van der Waals surface area contributed by atoms with Crippen LogP contribution in [-0.4, -0.2) is 5.91 Å². The number of nitrogens with two attached hydrogens (primary N) is 1. The van der Waals surface area contributed by atoms with E-state index in [-0.39, 0.29) is 11.5 Å². The number of nitrogens with one attached hydrogen (secondary N) is 2. The second-order valence-corrected chi connectivity index (χ2v) is 6.27. The molecule has 2 rings (SSSR count). The number of benzene rings is 2. The summed E-state index contributed by atoms with van der Waals surface area (Å²) in [7, 11) is 0. The molecule has 2 aromatic carbocycles. The molecule has 1 amide bonds. The number of amides is 1. The molecule has 0 aromatic heterocycles. The van der Waals surface area contributed by atoms with E-state index >= 15 is 0 Å². The number of carbonyl (C=O) groups excluding carboxylic acids is 1. The van der Waals surface area contributed by atoms with Gasteiger partial charge in [0, 0.05) is 25.0 Å². The molecule has 0 aliphatic carbocycles. The van der Waals surface area contributed by atoms with Crippen LogP contribution >= 0.6 is 0 Å². The van der Waals surface area contributed by atoms with E-state index in [1.54, 1.807) is 0 Å². The Balaban J connectivity index is 2.04. The molecule has 0 heterocycles. The summed E-state index contributed by atoms with van der Waals surface area (Å²) in [4.78, 5) is 12.4. The van der Waals surface area contributed by atoms with Gasteiger partial charge in [0.05, 0.1) is 0 Å². The van der Waals surface area contributed by atoms with Gasteiger partial charge in [-0.1, -0.05) is 56.3 Å². The number of rotatable bonds is 7. The van der Waals surface area contributed by atoms with Crippen LogP contribution in [0.1, 0.15) is 36.5 Å². The maximum absolute atomic E-state index is 12.4. The summed E-state index contributed by atoms with van der Waals surface area (Å²) in [6.07, 6.45) is 1.45. The number of anilines is 1. The Kier molecular flexibility index (Phi) is 6.95. The highest BCUT2D eigenvalue weighted by atomic mass is 16.1. The number of hydrogen-bond donors (Lipinski definition) is 3. The lowest BCUT2D eigenvalue weighted by molar-refractivity contribution is -0.112. The smallest absolute Gasteiger partial charge is 0.267 e. The number of nitrogens with zero attached hydrogens (tertiary/aromatic N) is 1. The third kappa shape index (κ3) is 5.20. The lowest BCUT2D eigenvalue weighted by Crippen LogP contribution is -2.17. The first-order chi connectivity index (χ1) is 12.5. The van der Waals surface area contributed by atoms with Crippen molar-refractivity contribution in [1.29, 1.82) is 5.26 Å². The minimum absolute atomic E-state index is 0.0264. The van der Waals surface area contributed by atoms with E-state index in [1.165, 1.54) is 6.20 Å². The van der Waals surface area contributed by atoms with E-state index in [2.05, 4.69) is 24.5 Å². The lowest BCUT2D eigenvalue weighted by Gasteiger charge is -2.13.